The predicted molar refractivity (Wildman–Crippen MR) is 107 cm³/mol. The number of anilines is 1. The van der Waals surface area contributed by atoms with E-state index >= 15 is 0 Å². The van der Waals surface area contributed by atoms with Gasteiger partial charge in [-0.05, 0) is 47.6 Å². The minimum atomic E-state index is -0.0730. The van der Waals surface area contributed by atoms with Crippen LogP contribution in [0.15, 0.2) is 78.9 Å². The van der Waals surface area contributed by atoms with Gasteiger partial charge in [0.2, 0.25) is 0 Å². The van der Waals surface area contributed by atoms with Crippen LogP contribution in [0.5, 0.6) is 0 Å². The van der Waals surface area contributed by atoms with E-state index in [1.165, 1.54) is 11.1 Å². The Kier molecular flexibility index (Phi) is 5.91. The van der Waals surface area contributed by atoms with Crippen molar-refractivity contribution in [1.29, 1.82) is 0 Å². The number of carbonyl (C=O) groups is 1. The standard InChI is InChI=1S/C22H21NOS/c1-25-16-18-11-13-19(14-12-18)22(24)23-21-10-6-5-9-20(21)15-17-7-3-2-4-8-17/h2-14H,15-16H2,1H3,(H,23,24). The summed E-state index contributed by atoms with van der Waals surface area (Å²) in [6, 6.07) is 26.1. The van der Waals surface area contributed by atoms with Crippen LogP contribution in [-0.2, 0) is 12.2 Å². The molecule has 126 valence electrons. The second-order valence-corrected chi connectivity index (χ2v) is 6.77. The Morgan fingerprint density at radius 1 is 0.840 bits per heavy atom. The molecule has 1 N–H and O–H groups in total. The highest BCUT2D eigenvalue weighted by atomic mass is 32.2. The van der Waals surface area contributed by atoms with Crippen molar-refractivity contribution >= 4 is 23.4 Å². The van der Waals surface area contributed by atoms with E-state index in [9.17, 15) is 4.79 Å². The molecule has 25 heavy (non-hydrogen) atoms. The SMILES string of the molecule is CSCc1ccc(C(=O)Nc2ccccc2Cc2ccccc2)cc1. The third-order valence-corrected chi connectivity index (χ3v) is 4.65. The Morgan fingerprint density at radius 3 is 2.24 bits per heavy atom. The molecule has 3 heteroatoms. The summed E-state index contributed by atoms with van der Waals surface area (Å²) in [4.78, 5) is 12.6. The van der Waals surface area contributed by atoms with Gasteiger partial charge in [-0.2, -0.15) is 11.8 Å². The van der Waals surface area contributed by atoms with Crippen molar-refractivity contribution in [3.63, 3.8) is 0 Å². The van der Waals surface area contributed by atoms with Gasteiger partial charge in [0.05, 0.1) is 0 Å². The number of para-hydroxylation sites is 1. The number of thioether (sulfide) groups is 1. The molecule has 0 radical (unpaired) electrons. The second kappa shape index (κ2) is 8.54. The summed E-state index contributed by atoms with van der Waals surface area (Å²) in [6.07, 6.45) is 2.87. The number of benzene rings is 3. The number of nitrogens with one attached hydrogen (secondary N) is 1. The van der Waals surface area contributed by atoms with Crippen molar-refractivity contribution in [1.82, 2.24) is 0 Å². The Bertz CT molecular complexity index is 828. The van der Waals surface area contributed by atoms with E-state index < -0.39 is 0 Å². The third-order valence-electron chi connectivity index (χ3n) is 4.03. The average molecular weight is 347 g/mol. The number of hydrogen-bond acceptors (Lipinski definition) is 2. The zero-order chi connectivity index (χ0) is 17.5. The van der Waals surface area contributed by atoms with Gasteiger partial charge in [0.15, 0.2) is 0 Å². The van der Waals surface area contributed by atoms with Gasteiger partial charge in [-0.3, -0.25) is 4.79 Å². The van der Waals surface area contributed by atoms with Crippen LogP contribution in [0.3, 0.4) is 0 Å². The van der Waals surface area contributed by atoms with E-state index in [-0.39, 0.29) is 5.91 Å². The monoisotopic (exact) mass is 347 g/mol. The fraction of sp³-hybridized carbons (Fsp3) is 0.136. The maximum atomic E-state index is 12.6. The minimum Gasteiger partial charge on any atom is -0.322 e. The lowest BCUT2D eigenvalue weighted by molar-refractivity contribution is 0.102. The van der Waals surface area contributed by atoms with Crippen molar-refractivity contribution in [2.24, 2.45) is 0 Å². The van der Waals surface area contributed by atoms with Crippen molar-refractivity contribution < 1.29 is 4.79 Å². The normalized spacial score (nSPS) is 10.4. The predicted octanol–water partition coefficient (Wildman–Crippen LogP) is 5.39. The van der Waals surface area contributed by atoms with Gasteiger partial charge in [0.25, 0.3) is 5.91 Å². The average Bonchev–Trinajstić information content (AvgIpc) is 2.65. The summed E-state index contributed by atoms with van der Waals surface area (Å²) in [6.45, 7) is 0. The highest BCUT2D eigenvalue weighted by molar-refractivity contribution is 7.97. The Morgan fingerprint density at radius 2 is 1.52 bits per heavy atom. The maximum Gasteiger partial charge on any atom is 0.255 e. The second-order valence-electron chi connectivity index (χ2n) is 5.90. The molecule has 0 saturated carbocycles. The highest BCUT2D eigenvalue weighted by Crippen LogP contribution is 2.20. The molecular formula is C22H21NOS. The maximum absolute atomic E-state index is 12.6. The number of hydrogen-bond donors (Lipinski definition) is 1. The van der Waals surface area contributed by atoms with Crippen LogP contribution in [0.1, 0.15) is 27.0 Å². The molecule has 0 fully saturated rings. The van der Waals surface area contributed by atoms with Crippen LogP contribution in [0.2, 0.25) is 0 Å². The first kappa shape index (κ1) is 17.3. The molecular weight excluding hydrogens is 326 g/mol. The van der Waals surface area contributed by atoms with Crippen LogP contribution in [0.25, 0.3) is 0 Å². The molecule has 0 aliphatic heterocycles. The van der Waals surface area contributed by atoms with Gasteiger partial charge < -0.3 is 5.32 Å². The van der Waals surface area contributed by atoms with Crippen LogP contribution >= 0.6 is 11.8 Å². The molecule has 1 amide bonds. The molecule has 0 unspecified atom stereocenters. The summed E-state index contributed by atoms with van der Waals surface area (Å²) in [5.41, 5.74) is 5.11. The zero-order valence-electron chi connectivity index (χ0n) is 14.2. The molecule has 0 aliphatic carbocycles. The first-order valence-electron chi connectivity index (χ1n) is 8.27. The fourth-order valence-electron chi connectivity index (χ4n) is 2.73. The van der Waals surface area contributed by atoms with Gasteiger partial charge in [-0.15, -0.1) is 0 Å². The molecule has 0 spiro atoms. The molecule has 3 aromatic carbocycles. The van der Waals surface area contributed by atoms with Crippen molar-refractivity contribution in [3.8, 4) is 0 Å². The molecule has 3 aromatic rings. The van der Waals surface area contributed by atoms with Crippen molar-refractivity contribution in [3.05, 3.63) is 101 Å². The Hall–Kier alpha value is -2.52. The van der Waals surface area contributed by atoms with Gasteiger partial charge in [0.1, 0.15) is 0 Å². The summed E-state index contributed by atoms with van der Waals surface area (Å²) >= 11 is 1.77. The minimum absolute atomic E-state index is 0.0730. The number of amides is 1. The summed E-state index contributed by atoms with van der Waals surface area (Å²) in [5, 5.41) is 3.05. The van der Waals surface area contributed by atoms with Crippen molar-refractivity contribution in [2.75, 3.05) is 11.6 Å². The Labute approximate surface area is 153 Å². The van der Waals surface area contributed by atoms with Crippen LogP contribution in [-0.4, -0.2) is 12.2 Å². The lowest BCUT2D eigenvalue weighted by Gasteiger charge is -2.11. The topological polar surface area (TPSA) is 29.1 Å². The molecule has 2 nitrogen and oxygen atoms in total. The van der Waals surface area contributed by atoms with E-state index in [2.05, 4.69) is 29.8 Å². The van der Waals surface area contributed by atoms with E-state index in [1.807, 2.05) is 60.7 Å². The Balaban J connectivity index is 1.75. The lowest BCUT2D eigenvalue weighted by Crippen LogP contribution is -2.13. The molecule has 0 atom stereocenters. The van der Waals surface area contributed by atoms with Gasteiger partial charge >= 0.3 is 0 Å². The summed E-state index contributed by atoms with van der Waals surface area (Å²) in [5.74, 6) is 0.887. The first-order chi connectivity index (χ1) is 12.3. The zero-order valence-corrected chi connectivity index (χ0v) is 15.1. The van der Waals surface area contributed by atoms with Gasteiger partial charge in [0, 0.05) is 17.0 Å². The third kappa shape index (κ3) is 4.74. The smallest absolute Gasteiger partial charge is 0.255 e. The quantitative estimate of drug-likeness (QED) is 0.647. The molecule has 0 bridgehead atoms. The number of carbonyl (C=O) groups excluding carboxylic acids is 1. The highest BCUT2D eigenvalue weighted by Gasteiger charge is 2.09. The van der Waals surface area contributed by atoms with Gasteiger partial charge in [-0.1, -0.05) is 60.7 Å². The largest absolute Gasteiger partial charge is 0.322 e. The van der Waals surface area contributed by atoms with Crippen molar-refractivity contribution in [2.45, 2.75) is 12.2 Å². The summed E-state index contributed by atoms with van der Waals surface area (Å²) in [7, 11) is 0. The first-order valence-corrected chi connectivity index (χ1v) is 9.66. The molecule has 0 aliphatic rings. The molecule has 0 saturated heterocycles. The van der Waals surface area contributed by atoms with E-state index in [0.29, 0.717) is 5.56 Å². The molecule has 0 heterocycles. The van der Waals surface area contributed by atoms with E-state index in [1.54, 1.807) is 11.8 Å². The fourth-order valence-corrected chi connectivity index (χ4v) is 3.25. The number of rotatable bonds is 6. The van der Waals surface area contributed by atoms with Crippen LogP contribution in [0, 0.1) is 0 Å². The van der Waals surface area contributed by atoms with E-state index in [0.717, 1.165) is 23.4 Å². The van der Waals surface area contributed by atoms with Crippen LogP contribution < -0.4 is 5.32 Å². The van der Waals surface area contributed by atoms with Crippen LogP contribution in [0.4, 0.5) is 5.69 Å². The molecule has 3 rings (SSSR count). The van der Waals surface area contributed by atoms with Gasteiger partial charge in [-0.25, -0.2) is 0 Å². The van der Waals surface area contributed by atoms with E-state index in [4.69, 9.17) is 0 Å². The lowest BCUT2D eigenvalue weighted by atomic mass is 10.0. The molecule has 0 aromatic heterocycles. The summed E-state index contributed by atoms with van der Waals surface area (Å²) < 4.78 is 0.